The Morgan fingerprint density at radius 2 is 2.27 bits per heavy atom. The smallest absolute Gasteiger partial charge is 0.0957 e. The van der Waals surface area contributed by atoms with Gasteiger partial charge in [-0.25, -0.2) is 0 Å². The van der Waals surface area contributed by atoms with Crippen molar-refractivity contribution in [1.82, 2.24) is 0 Å². The van der Waals surface area contributed by atoms with E-state index in [1.807, 2.05) is 19.1 Å². The lowest BCUT2D eigenvalue weighted by Crippen LogP contribution is -2.17. The van der Waals surface area contributed by atoms with E-state index in [1.54, 1.807) is 6.92 Å². The molecule has 62 valence electrons. The Hall–Kier alpha value is -0.0500. The zero-order valence-corrected chi connectivity index (χ0v) is 8.17. The fraction of sp³-hybridized carbons (Fsp3) is 0.500. The summed E-state index contributed by atoms with van der Waals surface area (Å²) in [5.74, 6) is 0. The first-order valence-electron chi connectivity index (χ1n) is 3.54. The van der Waals surface area contributed by atoms with Gasteiger partial charge in [0, 0.05) is 4.88 Å². The highest BCUT2D eigenvalue weighted by Gasteiger charge is 2.21. The Balaban J connectivity index is 2.92. The van der Waals surface area contributed by atoms with E-state index in [2.05, 4.69) is 0 Å². The molecule has 0 amide bonds. The number of thiophene rings is 1. The quantitative estimate of drug-likeness (QED) is 0.760. The minimum absolute atomic E-state index is 0.711. The van der Waals surface area contributed by atoms with Crippen molar-refractivity contribution < 1.29 is 5.11 Å². The van der Waals surface area contributed by atoms with Crippen LogP contribution in [0.1, 0.15) is 25.1 Å². The van der Waals surface area contributed by atoms with Crippen molar-refractivity contribution in [2.75, 3.05) is 0 Å². The molecule has 0 aliphatic rings. The van der Waals surface area contributed by atoms with Crippen molar-refractivity contribution in [3.05, 3.63) is 21.3 Å². The van der Waals surface area contributed by atoms with Crippen LogP contribution in [0.3, 0.4) is 0 Å². The van der Waals surface area contributed by atoms with E-state index in [9.17, 15) is 5.11 Å². The maximum absolute atomic E-state index is 9.76. The van der Waals surface area contributed by atoms with Crippen LogP contribution in [-0.4, -0.2) is 5.11 Å². The molecule has 1 heterocycles. The van der Waals surface area contributed by atoms with Crippen LogP contribution in [0.5, 0.6) is 0 Å². The summed E-state index contributed by atoms with van der Waals surface area (Å²) >= 11 is 7.17. The lowest BCUT2D eigenvalue weighted by Gasteiger charge is -2.18. The molecule has 1 nitrogen and oxygen atoms in total. The van der Waals surface area contributed by atoms with Gasteiger partial charge in [0.15, 0.2) is 0 Å². The molecule has 0 saturated heterocycles. The van der Waals surface area contributed by atoms with E-state index in [0.717, 1.165) is 9.21 Å². The first-order chi connectivity index (χ1) is 5.06. The number of halogens is 1. The summed E-state index contributed by atoms with van der Waals surface area (Å²) in [5, 5.41) is 9.76. The topological polar surface area (TPSA) is 20.2 Å². The van der Waals surface area contributed by atoms with Crippen LogP contribution < -0.4 is 0 Å². The van der Waals surface area contributed by atoms with Crippen molar-refractivity contribution >= 4 is 22.9 Å². The van der Waals surface area contributed by atoms with Gasteiger partial charge < -0.3 is 5.11 Å². The number of aliphatic hydroxyl groups is 1. The summed E-state index contributed by atoms with van der Waals surface area (Å²) in [7, 11) is 0. The lowest BCUT2D eigenvalue weighted by molar-refractivity contribution is 0.0569. The van der Waals surface area contributed by atoms with E-state index in [4.69, 9.17) is 11.6 Å². The Morgan fingerprint density at radius 1 is 1.64 bits per heavy atom. The molecule has 11 heavy (non-hydrogen) atoms. The largest absolute Gasteiger partial charge is 0.385 e. The minimum atomic E-state index is -0.711. The third-order valence-electron chi connectivity index (χ3n) is 1.79. The molecular formula is C8H11ClOS. The maximum Gasteiger partial charge on any atom is 0.0957 e. The van der Waals surface area contributed by atoms with Crippen molar-refractivity contribution in [3.63, 3.8) is 0 Å². The number of hydrogen-bond donors (Lipinski definition) is 1. The molecule has 0 spiro atoms. The molecule has 0 saturated carbocycles. The molecule has 1 N–H and O–H groups in total. The SMILES string of the molecule is CC[C@@](C)(O)c1ccc(Cl)s1. The van der Waals surface area contributed by atoms with Crippen LogP contribution in [0.25, 0.3) is 0 Å². The van der Waals surface area contributed by atoms with Crippen molar-refractivity contribution in [2.24, 2.45) is 0 Å². The highest BCUT2D eigenvalue weighted by atomic mass is 35.5. The molecule has 0 radical (unpaired) electrons. The standard InChI is InChI=1S/C8H11ClOS/c1-3-8(2,10)6-4-5-7(9)11-6/h4-5,10H,3H2,1-2H3/t8-/m1/s1. The van der Waals surface area contributed by atoms with E-state index >= 15 is 0 Å². The molecule has 0 unspecified atom stereocenters. The van der Waals surface area contributed by atoms with Gasteiger partial charge in [0.2, 0.25) is 0 Å². The zero-order chi connectivity index (χ0) is 8.48. The summed E-state index contributed by atoms with van der Waals surface area (Å²) in [6, 6.07) is 3.68. The van der Waals surface area contributed by atoms with Gasteiger partial charge in [-0.1, -0.05) is 18.5 Å². The second-order valence-electron chi connectivity index (χ2n) is 2.73. The summed E-state index contributed by atoms with van der Waals surface area (Å²) in [4.78, 5) is 0.935. The average Bonchev–Trinajstić information content (AvgIpc) is 2.36. The van der Waals surface area contributed by atoms with Gasteiger partial charge >= 0.3 is 0 Å². The number of hydrogen-bond acceptors (Lipinski definition) is 2. The van der Waals surface area contributed by atoms with E-state index in [0.29, 0.717) is 6.42 Å². The van der Waals surface area contributed by atoms with Crippen LogP contribution in [0.2, 0.25) is 4.34 Å². The molecule has 1 aromatic heterocycles. The second kappa shape index (κ2) is 3.13. The molecular weight excluding hydrogens is 180 g/mol. The molecule has 3 heteroatoms. The molecule has 0 aliphatic carbocycles. The van der Waals surface area contributed by atoms with Crippen molar-refractivity contribution in [2.45, 2.75) is 25.9 Å². The molecule has 0 aliphatic heterocycles. The van der Waals surface area contributed by atoms with Gasteiger partial charge in [0.05, 0.1) is 9.94 Å². The van der Waals surface area contributed by atoms with Crippen LogP contribution in [-0.2, 0) is 5.60 Å². The normalized spacial score (nSPS) is 16.4. The van der Waals surface area contributed by atoms with Gasteiger partial charge in [-0.15, -0.1) is 11.3 Å². The molecule has 1 aromatic rings. The molecule has 1 rings (SSSR count). The minimum Gasteiger partial charge on any atom is -0.385 e. The second-order valence-corrected chi connectivity index (χ2v) is 4.45. The van der Waals surface area contributed by atoms with Crippen LogP contribution >= 0.6 is 22.9 Å². The monoisotopic (exact) mass is 190 g/mol. The Labute approximate surface area is 75.6 Å². The molecule has 1 atom stereocenters. The lowest BCUT2D eigenvalue weighted by atomic mass is 10.0. The Morgan fingerprint density at radius 3 is 2.64 bits per heavy atom. The Kier molecular flexibility index (Phi) is 2.58. The van der Waals surface area contributed by atoms with Gasteiger partial charge in [0.25, 0.3) is 0 Å². The van der Waals surface area contributed by atoms with Crippen LogP contribution in [0.4, 0.5) is 0 Å². The predicted molar refractivity (Wildman–Crippen MR) is 49.2 cm³/mol. The first kappa shape index (κ1) is 9.04. The third-order valence-corrected chi connectivity index (χ3v) is 3.28. The van der Waals surface area contributed by atoms with Crippen molar-refractivity contribution in [3.8, 4) is 0 Å². The summed E-state index contributed by atoms with van der Waals surface area (Å²) in [5.41, 5.74) is -0.711. The van der Waals surface area contributed by atoms with Crippen LogP contribution in [0, 0.1) is 0 Å². The van der Waals surface area contributed by atoms with Crippen molar-refractivity contribution in [1.29, 1.82) is 0 Å². The summed E-state index contributed by atoms with van der Waals surface area (Å²) < 4.78 is 0.730. The fourth-order valence-corrected chi connectivity index (χ4v) is 1.94. The van der Waals surface area contributed by atoms with Gasteiger partial charge in [-0.2, -0.15) is 0 Å². The highest BCUT2D eigenvalue weighted by molar-refractivity contribution is 7.16. The van der Waals surface area contributed by atoms with E-state index in [1.165, 1.54) is 11.3 Å². The fourth-order valence-electron chi connectivity index (χ4n) is 0.778. The van der Waals surface area contributed by atoms with E-state index < -0.39 is 5.60 Å². The van der Waals surface area contributed by atoms with Gasteiger partial charge in [0.1, 0.15) is 0 Å². The molecule has 0 bridgehead atoms. The third kappa shape index (κ3) is 1.95. The molecule has 0 fully saturated rings. The van der Waals surface area contributed by atoms with E-state index in [-0.39, 0.29) is 0 Å². The summed E-state index contributed by atoms with van der Waals surface area (Å²) in [6.07, 6.45) is 0.712. The first-order valence-corrected chi connectivity index (χ1v) is 4.74. The van der Waals surface area contributed by atoms with Gasteiger partial charge in [-0.3, -0.25) is 0 Å². The molecule has 0 aromatic carbocycles. The Bertz CT molecular complexity index is 242. The maximum atomic E-state index is 9.76. The highest BCUT2D eigenvalue weighted by Crippen LogP contribution is 2.32. The van der Waals surface area contributed by atoms with Gasteiger partial charge in [-0.05, 0) is 25.5 Å². The average molecular weight is 191 g/mol. The number of rotatable bonds is 2. The summed E-state index contributed by atoms with van der Waals surface area (Å²) in [6.45, 7) is 3.75. The van der Waals surface area contributed by atoms with Crippen LogP contribution in [0.15, 0.2) is 12.1 Å². The predicted octanol–water partition coefficient (Wildman–Crippen LogP) is 3.02. The zero-order valence-electron chi connectivity index (χ0n) is 6.60.